The van der Waals surface area contributed by atoms with Crippen LogP contribution in [-0.4, -0.2) is 77.3 Å². The highest BCUT2D eigenvalue weighted by Crippen LogP contribution is 2.04. The zero-order chi connectivity index (χ0) is 22.4. The number of amides is 3. The summed E-state index contributed by atoms with van der Waals surface area (Å²) in [6, 6.07) is -3.77. The molecule has 0 aromatic carbocycles. The Morgan fingerprint density at radius 1 is 1.00 bits per heavy atom. The molecule has 0 bridgehead atoms. The van der Waals surface area contributed by atoms with Crippen molar-refractivity contribution in [2.75, 3.05) is 24.3 Å². The van der Waals surface area contributed by atoms with Crippen LogP contribution in [0, 0.1) is 0 Å². The van der Waals surface area contributed by atoms with E-state index in [2.05, 4.69) is 28.6 Å². The smallest absolute Gasteiger partial charge is 0.327 e. The van der Waals surface area contributed by atoms with Crippen molar-refractivity contribution in [3.8, 4) is 0 Å². The summed E-state index contributed by atoms with van der Waals surface area (Å²) >= 11 is 5.44. The van der Waals surface area contributed by atoms with Crippen LogP contribution in [-0.2, 0) is 19.2 Å². The van der Waals surface area contributed by atoms with Crippen molar-refractivity contribution in [3.63, 3.8) is 0 Å². The molecule has 4 unspecified atom stereocenters. The maximum atomic E-state index is 12.6. The van der Waals surface area contributed by atoms with E-state index in [1.54, 1.807) is 11.8 Å². The van der Waals surface area contributed by atoms with Gasteiger partial charge in [0.2, 0.25) is 17.7 Å². The van der Waals surface area contributed by atoms with Crippen LogP contribution in [0.3, 0.4) is 0 Å². The molecule has 3 amide bonds. The number of carboxylic acid groups (broad SMARTS) is 1. The molecule has 0 fully saturated rings. The van der Waals surface area contributed by atoms with Gasteiger partial charge in [0, 0.05) is 5.75 Å². The van der Waals surface area contributed by atoms with Gasteiger partial charge in [-0.15, -0.1) is 0 Å². The predicted molar refractivity (Wildman–Crippen MR) is 117 cm³/mol. The van der Waals surface area contributed by atoms with Crippen molar-refractivity contribution < 1.29 is 24.3 Å². The number of carbonyl (C=O) groups is 4. The lowest BCUT2D eigenvalue weighted by Gasteiger charge is -2.23. The molecule has 0 heterocycles. The van der Waals surface area contributed by atoms with Gasteiger partial charge in [0.25, 0.3) is 0 Å². The van der Waals surface area contributed by atoms with Gasteiger partial charge in [-0.05, 0) is 51.2 Å². The monoisotopic (exact) mass is 451 g/mol. The van der Waals surface area contributed by atoms with Crippen LogP contribution in [0.2, 0.25) is 0 Å². The number of unbranched alkanes of at least 4 members (excludes halogenated alkanes) is 1. The standard InChI is InChI=1S/C17H33N5O5S2/c1-10(14(23)22-13(9-28)17(26)27)20-16(25)12(5-3-4-7-18)21-15(24)11(19)6-8-29-2/h10-13,28H,3-9,18-19H2,1-2H3,(H,20,25)(H,21,24)(H,22,23)(H,26,27). The first-order valence-electron chi connectivity index (χ1n) is 9.37. The molecule has 168 valence electrons. The summed E-state index contributed by atoms with van der Waals surface area (Å²) < 4.78 is 0. The third-order valence-corrected chi connectivity index (χ3v) is 5.11. The first kappa shape index (κ1) is 27.5. The summed E-state index contributed by atoms with van der Waals surface area (Å²) in [5, 5.41) is 16.4. The Balaban J connectivity index is 4.94. The summed E-state index contributed by atoms with van der Waals surface area (Å²) in [6.07, 6.45) is 4.01. The van der Waals surface area contributed by atoms with Crippen molar-refractivity contribution in [1.82, 2.24) is 16.0 Å². The molecule has 0 aromatic rings. The van der Waals surface area contributed by atoms with Crippen LogP contribution in [0.5, 0.6) is 0 Å². The van der Waals surface area contributed by atoms with Crippen LogP contribution < -0.4 is 27.4 Å². The SMILES string of the molecule is CSCCC(N)C(=O)NC(CCCCN)C(=O)NC(C)C(=O)NC(CS)C(=O)O. The molecule has 0 aromatic heterocycles. The largest absolute Gasteiger partial charge is 0.480 e. The van der Waals surface area contributed by atoms with Crippen LogP contribution >= 0.6 is 24.4 Å². The second kappa shape index (κ2) is 15.4. The van der Waals surface area contributed by atoms with E-state index in [-0.39, 0.29) is 5.75 Å². The first-order valence-corrected chi connectivity index (χ1v) is 11.4. The van der Waals surface area contributed by atoms with Gasteiger partial charge < -0.3 is 32.5 Å². The molecule has 8 N–H and O–H groups in total. The zero-order valence-corrected chi connectivity index (χ0v) is 18.6. The fourth-order valence-corrected chi connectivity index (χ4v) is 3.02. The Hall–Kier alpha value is -1.50. The number of thioether (sulfide) groups is 1. The maximum Gasteiger partial charge on any atom is 0.327 e. The van der Waals surface area contributed by atoms with E-state index in [0.29, 0.717) is 38.0 Å². The van der Waals surface area contributed by atoms with E-state index >= 15 is 0 Å². The average molecular weight is 452 g/mol. The number of thiol groups is 1. The quantitative estimate of drug-likeness (QED) is 0.118. The number of carboxylic acids is 1. The zero-order valence-electron chi connectivity index (χ0n) is 16.8. The molecule has 0 radical (unpaired) electrons. The van der Waals surface area contributed by atoms with Crippen molar-refractivity contribution in [1.29, 1.82) is 0 Å². The summed E-state index contributed by atoms with van der Waals surface area (Å²) in [7, 11) is 0. The van der Waals surface area contributed by atoms with Crippen LogP contribution in [0.15, 0.2) is 0 Å². The Bertz CT molecular complexity index is 552. The number of hydrogen-bond acceptors (Lipinski definition) is 8. The highest BCUT2D eigenvalue weighted by molar-refractivity contribution is 7.98. The molecule has 29 heavy (non-hydrogen) atoms. The Labute approximate surface area is 181 Å². The molecule has 0 aliphatic heterocycles. The number of nitrogens with two attached hydrogens (primary N) is 2. The van der Waals surface area contributed by atoms with E-state index in [0.717, 1.165) is 0 Å². The minimum atomic E-state index is -1.22. The van der Waals surface area contributed by atoms with E-state index < -0.39 is 47.9 Å². The normalized spacial score (nSPS) is 14.9. The molecule has 0 aliphatic rings. The third-order valence-electron chi connectivity index (χ3n) is 4.10. The molecule has 10 nitrogen and oxygen atoms in total. The fraction of sp³-hybridized carbons (Fsp3) is 0.765. The summed E-state index contributed by atoms with van der Waals surface area (Å²) in [5.41, 5.74) is 11.3. The minimum absolute atomic E-state index is 0.0898. The second-order valence-electron chi connectivity index (χ2n) is 6.55. The Morgan fingerprint density at radius 3 is 2.14 bits per heavy atom. The summed E-state index contributed by atoms with van der Waals surface area (Å²) in [4.78, 5) is 48.0. The van der Waals surface area contributed by atoms with Crippen molar-refractivity contribution in [3.05, 3.63) is 0 Å². The molecule has 0 saturated carbocycles. The van der Waals surface area contributed by atoms with Gasteiger partial charge in [-0.1, -0.05) is 0 Å². The molecule has 0 aliphatic carbocycles. The van der Waals surface area contributed by atoms with Gasteiger partial charge in [-0.2, -0.15) is 24.4 Å². The third kappa shape index (κ3) is 11.3. The van der Waals surface area contributed by atoms with Crippen LogP contribution in [0.4, 0.5) is 0 Å². The number of hydrogen-bond donors (Lipinski definition) is 7. The highest BCUT2D eigenvalue weighted by Gasteiger charge is 2.27. The van der Waals surface area contributed by atoms with Gasteiger partial charge in [0.15, 0.2) is 0 Å². The van der Waals surface area contributed by atoms with E-state index in [9.17, 15) is 19.2 Å². The topological polar surface area (TPSA) is 177 Å². The predicted octanol–water partition coefficient (Wildman–Crippen LogP) is -1.32. The molecule has 4 atom stereocenters. The van der Waals surface area contributed by atoms with E-state index in [4.69, 9.17) is 16.6 Å². The molecular weight excluding hydrogens is 418 g/mol. The fourth-order valence-electron chi connectivity index (χ4n) is 2.28. The van der Waals surface area contributed by atoms with Crippen LogP contribution in [0.25, 0.3) is 0 Å². The van der Waals surface area contributed by atoms with Crippen molar-refractivity contribution >= 4 is 48.1 Å². The van der Waals surface area contributed by atoms with Gasteiger partial charge in [0.1, 0.15) is 18.1 Å². The summed E-state index contributed by atoms with van der Waals surface area (Å²) in [6.45, 7) is 1.88. The lowest BCUT2D eigenvalue weighted by atomic mass is 10.1. The van der Waals surface area contributed by atoms with Gasteiger partial charge in [-0.3, -0.25) is 14.4 Å². The van der Waals surface area contributed by atoms with Gasteiger partial charge >= 0.3 is 5.97 Å². The van der Waals surface area contributed by atoms with Gasteiger partial charge in [-0.25, -0.2) is 4.79 Å². The number of carbonyl (C=O) groups excluding carboxylic acids is 3. The number of aliphatic carboxylic acids is 1. The van der Waals surface area contributed by atoms with E-state index in [1.165, 1.54) is 6.92 Å². The summed E-state index contributed by atoms with van der Waals surface area (Å²) in [5.74, 6) is -2.25. The first-order chi connectivity index (χ1) is 13.7. The number of nitrogens with one attached hydrogen (secondary N) is 3. The molecule has 0 rings (SSSR count). The lowest BCUT2D eigenvalue weighted by Crippen LogP contribution is -2.56. The van der Waals surface area contributed by atoms with E-state index in [1.807, 2.05) is 6.26 Å². The highest BCUT2D eigenvalue weighted by atomic mass is 32.2. The molecule has 12 heteroatoms. The Kier molecular flexibility index (Phi) is 14.6. The number of rotatable bonds is 15. The minimum Gasteiger partial charge on any atom is -0.480 e. The lowest BCUT2D eigenvalue weighted by molar-refractivity contribution is -0.141. The van der Waals surface area contributed by atoms with Gasteiger partial charge in [0.05, 0.1) is 6.04 Å². The van der Waals surface area contributed by atoms with Crippen LogP contribution in [0.1, 0.15) is 32.6 Å². The molecule has 0 spiro atoms. The molecular formula is C17H33N5O5S2. The average Bonchev–Trinajstić information content (AvgIpc) is 2.68. The second-order valence-corrected chi connectivity index (χ2v) is 7.90. The maximum absolute atomic E-state index is 12.6. The Morgan fingerprint density at radius 2 is 1.62 bits per heavy atom. The van der Waals surface area contributed by atoms with Crippen molar-refractivity contribution in [2.45, 2.75) is 56.8 Å². The molecule has 0 saturated heterocycles. The van der Waals surface area contributed by atoms with Crippen molar-refractivity contribution in [2.24, 2.45) is 11.5 Å².